The van der Waals surface area contributed by atoms with Gasteiger partial charge in [0.1, 0.15) is 11.3 Å². The van der Waals surface area contributed by atoms with Gasteiger partial charge in [0, 0.05) is 12.2 Å². The second-order valence-electron chi connectivity index (χ2n) is 6.22. The van der Waals surface area contributed by atoms with Crippen LogP contribution >= 0.6 is 11.8 Å². The summed E-state index contributed by atoms with van der Waals surface area (Å²) in [4.78, 5) is 24.7. The molecule has 0 aromatic heterocycles. The summed E-state index contributed by atoms with van der Waals surface area (Å²) in [7, 11) is 1.35. The zero-order valence-corrected chi connectivity index (χ0v) is 14.4. The fourth-order valence-electron chi connectivity index (χ4n) is 3.05. The van der Waals surface area contributed by atoms with Crippen molar-refractivity contribution in [3.05, 3.63) is 28.8 Å². The number of fused-ring (bicyclic) bond motifs is 1. The number of carbonyl (C=O) groups excluding carboxylic acids is 2. The summed E-state index contributed by atoms with van der Waals surface area (Å²) < 4.78 is 10.7. The molecule has 2 atom stereocenters. The summed E-state index contributed by atoms with van der Waals surface area (Å²) in [6, 6.07) is 4.04. The van der Waals surface area contributed by atoms with Gasteiger partial charge in [-0.25, -0.2) is 4.79 Å². The Morgan fingerprint density at radius 2 is 2.09 bits per heavy atom. The molecule has 0 bridgehead atoms. The van der Waals surface area contributed by atoms with Crippen molar-refractivity contribution >= 4 is 23.6 Å². The molecule has 1 N–H and O–H groups in total. The van der Waals surface area contributed by atoms with Gasteiger partial charge in [0.15, 0.2) is 6.10 Å². The summed E-state index contributed by atoms with van der Waals surface area (Å²) in [5, 5.41) is 2.89. The summed E-state index contributed by atoms with van der Waals surface area (Å²) in [5.74, 6) is 1.52. The van der Waals surface area contributed by atoms with Gasteiger partial charge in [0.25, 0.3) is 5.91 Å². The Morgan fingerprint density at radius 1 is 1.35 bits per heavy atom. The molecule has 2 aliphatic heterocycles. The number of rotatable bonds is 3. The number of thioether (sulfide) groups is 1. The molecule has 1 aromatic rings. The first-order valence-corrected chi connectivity index (χ1v) is 8.85. The topological polar surface area (TPSA) is 64.6 Å². The number of nitrogens with one attached hydrogen (secondary N) is 1. The maximum Gasteiger partial charge on any atom is 0.332 e. The third-order valence-electron chi connectivity index (χ3n) is 4.60. The minimum Gasteiger partial charge on any atom is -0.480 e. The SMILES string of the molecule is COC(=O)[C@@]1(NC(=O)[C@@H]2Cc3cc(C)c(C)cc3O2)CCSC1. The predicted octanol–water partition coefficient (Wildman–Crippen LogP) is 1.77. The molecule has 0 aliphatic carbocycles. The lowest BCUT2D eigenvalue weighted by molar-refractivity contribution is -0.150. The second-order valence-corrected chi connectivity index (χ2v) is 7.33. The van der Waals surface area contributed by atoms with Gasteiger partial charge in [-0.2, -0.15) is 11.8 Å². The lowest BCUT2D eigenvalue weighted by Crippen LogP contribution is -2.58. The van der Waals surface area contributed by atoms with Crippen LogP contribution in [-0.2, 0) is 20.7 Å². The molecular formula is C17H21NO4S. The highest BCUT2D eigenvalue weighted by atomic mass is 32.2. The van der Waals surface area contributed by atoms with E-state index in [2.05, 4.69) is 11.4 Å². The molecule has 1 saturated heterocycles. The highest BCUT2D eigenvalue weighted by Gasteiger charge is 2.46. The number of aryl methyl sites for hydroxylation is 2. The Morgan fingerprint density at radius 3 is 2.74 bits per heavy atom. The smallest absolute Gasteiger partial charge is 0.332 e. The Labute approximate surface area is 140 Å². The van der Waals surface area contributed by atoms with Crippen LogP contribution in [0.4, 0.5) is 0 Å². The summed E-state index contributed by atoms with van der Waals surface area (Å²) >= 11 is 1.64. The van der Waals surface area contributed by atoms with Crippen molar-refractivity contribution < 1.29 is 19.1 Å². The third-order valence-corrected chi connectivity index (χ3v) is 5.79. The molecule has 6 heteroatoms. The summed E-state index contributed by atoms with van der Waals surface area (Å²) in [6.45, 7) is 4.07. The standard InChI is InChI=1S/C17H21NO4S/c1-10-6-12-8-14(22-13(12)7-11(10)2)15(19)18-17(16(20)21-3)4-5-23-9-17/h6-7,14H,4-5,8-9H2,1-3H3,(H,18,19)/t14-,17+/m0/s1. The summed E-state index contributed by atoms with van der Waals surface area (Å²) in [5.41, 5.74) is 2.45. The predicted molar refractivity (Wildman–Crippen MR) is 88.9 cm³/mol. The first kappa shape index (κ1) is 16.2. The van der Waals surface area contributed by atoms with Crippen LogP contribution in [0.5, 0.6) is 5.75 Å². The van der Waals surface area contributed by atoms with Crippen molar-refractivity contribution in [1.82, 2.24) is 5.32 Å². The van der Waals surface area contributed by atoms with Gasteiger partial charge in [0.2, 0.25) is 0 Å². The number of amides is 1. The van der Waals surface area contributed by atoms with E-state index in [1.165, 1.54) is 12.7 Å². The number of hydrogen-bond donors (Lipinski definition) is 1. The van der Waals surface area contributed by atoms with E-state index in [-0.39, 0.29) is 11.9 Å². The average Bonchev–Trinajstić information content (AvgIpc) is 3.14. The Kier molecular flexibility index (Phi) is 4.27. The number of ether oxygens (including phenoxy) is 2. The van der Waals surface area contributed by atoms with Gasteiger partial charge in [-0.1, -0.05) is 6.07 Å². The maximum absolute atomic E-state index is 12.6. The lowest BCUT2D eigenvalue weighted by atomic mass is 9.98. The van der Waals surface area contributed by atoms with E-state index in [9.17, 15) is 9.59 Å². The normalized spacial score (nSPS) is 25.6. The Balaban J connectivity index is 1.74. The van der Waals surface area contributed by atoms with Crippen molar-refractivity contribution in [3.63, 3.8) is 0 Å². The fraction of sp³-hybridized carbons (Fsp3) is 0.529. The van der Waals surface area contributed by atoms with Crippen molar-refractivity contribution in [2.45, 2.75) is 38.3 Å². The van der Waals surface area contributed by atoms with Gasteiger partial charge >= 0.3 is 5.97 Å². The molecule has 124 valence electrons. The van der Waals surface area contributed by atoms with Crippen LogP contribution in [0.15, 0.2) is 12.1 Å². The van der Waals surface area contributed by atoms with Gasteiger partial charge in [0.05, 0.1) is 7.11 Å². The monoisotopic (exact) mass is 335 g/mol. The number of esters is 1. The van der Waals surface area contributed by atoms with Crippen molar-refractivity contribution in [3.8, 4) is 5.75 Å². The minimum absolute atomic E-state index is 0.246. The molecule has 0 spiro atoms. The molecule has 1 amide bonds. The van der Waals surface area contributed by atoms with Crippen molar-refractivity contribution in [1.29, 1.82) is 0 Å². The Bertz CT molecular complexity index is 621. The van der Waals surface area contributed by atoms with Crippen molar-refractivity contribution in [2.75, 3.05) is 18.6 Å². The lowest BCUT2D eigenvalue weighted by Gasteiger charge is -2.27. The maximum atomic E-state index is 12.6. The van der Waals surface area contributed by atoms with E-state index in [1.54, 1.807) is 11.8 Å². The highest BCUT2D eigenvalue weighted by molar-refractivity contribution is 7.99. The molecule has 1 aromatic carbocycles. The molecule has 0 saturated carbocycles. The quantitative estimate of drug-likeness (QED) is 0.853. The van der Waals surface area contributed by atoms with E-state index in [0.717, 1.165) is 22.6 Å². The van der Waals surface area contributed by atoms with Crippen LogP contribution in [0.3, 0.4) is 0 Å². The first-order chi connectivity index (χ1) is 10.9. The molecular weight excluding hydrogens is 314 g/mol. The van der Waals surface area contributed by atoms with E-state index < -0.39 is 11.6 Å². The average molecular weight is 335 g/mol. The number of carbonyl (C=O) groups is 2. The first-order valence-electron chi connectivity index (χ1n) is 7.70. The van der Waals surface area contributed by atoms with Crippen LogP contribution in [0, 0.1) is 13.8 Å². The van der Waals surface area contributed by atoms with Crippen LogP contribution in [0.25, 0.3) is 0 Å². The van der Waals surface area contributed by atoms with Gasteiger partial charge in [-0.15, -0.1) is 0 Å². The number of benzene rings is 1. The van der Waals surface area contributed by atoms with E-state index in [4.69, 9.17) is 9.47 Å². The highest BCUT2D eigenvalue weighted by Crippen LogP contribution is 2.33. The molecule has 1 fully saturated rings. The molecule has 3 rings (SSSR count). The molecule has 2 aliphatic rings. The van der Waals surface area contributed by atoms with E-state index in [1.807, 2.05) is 19.9 Å². The zero-order valence-electron chi connectivity index (χ0n) is 13.6. The molecule has 23 heavy (non-hydrogen) atoms. The van der Waals surface area contributed by atoms with Gasteiger partial charge < -0.3 is 14.8 Å². The number of methoxy groups -OCH3 is 1. The second kappa shape index (κ2) is 6.07. The van der Waals surface area contributed by atoms with E-state index >= 15 is 0 Å². The fourth-order valence-corrected chi connectivity index (χ4v) is 4.37. The van der Waals surface area contributed by atoms with Crippen LogP contribution in [0.1, 0.15) is 23.1 Å². The third kappa shape index (κ3) is 2.92. The van der Waals surface area contributed by atoms with Gasteiger partial charge in [-0.05, 0) is 48.8 Å². The van der Waals surface area contributed by atoms with Crippen LogP contribution < -0.4 is 10.1 Å². The molecule has 2 heterocycles. The number of hydrogen-bond acceptors (Lipinski definition) is 5. The molecule has 5 nitrogen and oxygen atoms in total. The van der Waals surface area contributed by atoms with E-state index in [0.29, 0.717) is 18.6 Å². The zero-order chi connectivity index (χ0) is 16.6. The summed E-state index contributed by atoms with van der Waals surface area (Å²) in [6.07, 6.45) is 0.541. The van der Waals surface area contributed by atoms with Gasteiger partial charge in [-0.3, -0.25) is 4.79 Å². The molecule has 0 unspecified atom stereocenters. The van der Waals surface area contributed by atoms with Crippen LogP contribution in [-0.4, -0.2) is 42.1 Å². The Hall–Kier alpha value is -1.69. The van der Waals surface area contributed by atoms with Crippen molar-refractivity contribution in [2.24, 2.45) is 0 Å². The molecule has 0 radical (unpaired) electrons. The van der Waals surface area contributed by atoms with Crippen LogP contribution in [0.2, 0.25) is 0 Å². The largest absolute Gasteiger partial charge is 0.480 e. The minimum atomic E-state index is -0.916.